The van der Waals surface area contributed by atoms with Crippen molar-refractivity contribution in [3.05, 3.63) is 35.4 Å². The second-order valence-electron chi connectivity index (χ2n) is 5.52. The van der Waals surface area contributed by atoms with Crippen LogP contribution < -0.4 is 0 Å². The molecule has 1 aromatic carbocycles. The predicted molar refractivity (Wildman–Crippen MR) is 69.0 cm³/mol. The van der Waals surface area contributed by atoms with E-state index in [0.717, 1.165) is 6.54 Å². The molecule has 2 heteroatoms. The van der Waals surface area contributed by atoms with Crippen molar-refractivity contribution in [3.8, 4) is 0 Å². The van der Waals surface area contributed by atoms with Crippen LogP contribution in [0.15, 0.2) is 24.3 Å². The molecule has 0 radical (unpaired) electrons. The highest BCUT2D eigenvalue weighted by Crippen LogP contribution is 2.28. The van der Waals surface area contributed by atoms with E-state index in [-0.39, 0.29) is 0 Å². The van der Waals surface area contributed by atoms with Crippen molar-refractivity contribution >= 4 is 0 Å². The molecule has 2 nitrogen and oxygen atoms in total. The van der Waals surface area contributed by atoms with E-state index >= 15 is 0 Å². The average molecular weight is 231 g/mol. The Balaban J connectivity index is 1.68. The second-order valence-corrected chi connectivity index (χ2v) is 5.52. The summed E-state index contributed by atoms with van der Waals surface area (Å²) in [7, 11) is 0. The highest BCUT2D eigenvalue weighted by atomic mass is 16.3. The Kier molecular flexibility index (Phi) is 3.17. The van der Waals surface area contributed by atoms with Crippen molar-refractivity contribution in [2.75, 3.05) is 19.7 Å². The van der Waals surface area contributed by atoms with Crippen LogP contribution >= 0.6 is 0 Å². The number of hydrogen-bond donors (Lipinski definition) is 1. The lowest BCUT2D eigenvalue weighted by atomic mass is 9.97. The summed E-state index contributed by atoms with van der Waals surface area (Å²) < 4.78 is 0. The molecule has 1 heterocycles. The molecular weight excluding hydrogens is 210 g/mol. The van der Waals surface area contributed by atoms with E-state index in [2.05, 4.69) is 29.2 Å². The van der Waals surface area contributed by atoms with Gasteiger partial charge in [-0.3, -0.25) is 4.90 Å². The Morgan fingerprint density at radius 3 is 2.53 bits per heavy atom. The van der Waals surface area contributed by atoms with E-state index in [9.17, 15) is 5.11 Å². The van der Waals surface area contributed by atoms with Crippen molar-refractivity contribution in [1.29, 1.82) is 0 Å². The van der Waals surface area contributed by atoms with Gasteiger partial charge in [-0.25, -0.2) is 0 Å². The Labute approximate surface area is 103 Å². The number of rotatable bonds is 2. The Morgan fingerprint density at radius 2 is 1.88 bits per heavy atom. The zero-order chi connectivity index (χ0) is 11.7. The van der Waals surface area contributed by atoms with E-state index < -0.39 is 0 Å². The summed E-state index contributed by atoms with van der Waals surface area (Å²) in [5, 5.41) is 9.30. The summed E-state index contributed by atoms with van der Waals surface area (Å²) in [5.41, 5.74) is 3.06. The van der Waals surface area contributed by atoms with Gasteiger partial charge in [0.05, 0.1) is 0 Å². The quantitative estimate of drug-likeness (QED) is 0.840. The van der Waals surface area contributed by atoms with E-state index in [1.165, 1.54) is 43.4 Å². The molecule has 3 rings (SSSR count). The first kappa shape index (κ1) is 11.2. The molecule has 1 N–H and O–H groups in total. The topological polar surface area (TPSA) is 23.5 Å². The molecule has 1 aliphatic heterocycles. The molecule has 1 unspecified atom stereocenters. The third kappa shape index (κ3) is 2.24. The fourth-order valence-electron chi connectivity index (χ4n) is 3.37. The lowest BCUT2D eigenvalue weighted by Crippen LogP contribution is -2.44. The van der Waals surface area contributed by atoms with Gasteiger partial charge < -0.3 is 5.11 Å². The van der Waals surface area contributed by atoms with Gasteiger partial charge in [-0.05, 0) is 49.3 Å². The number of aliphatic hydroxyl groups excluding tert-OH is 1. The molecule has 17 heavy (non-hydrogen) atoms. The van der Waals surface area contributed by atoms with Crippen LogP contribution in [0.2, 0.25) is 0 Å². The number of fused-ring (bicyclic) bond motifs is 1. The van der Waals surface area contributed by atoms with Crippen LogP contribution in [0, 0.1) is 5.92 Å². The molecule has 1 atom stereocenters. The summed E-state index contributed by atoms with van der Waals surface area (Å²) in [5.74, 6) is 0.507. The van der Waals surface area contributed by atoms with Crippen molar-refractivity contribution < 1.29 is 5.11 Å². The molecule has 1 saturated heterocycles. The van der Waals surface area contributed by atoms with Crippen molar-refractivity contribution in [3.63, 3.8) is 0 Å². The summed E-state index contributed by atoms with van der Waals surface area (Å²) in [6, 6.07) is 9.51. The average Bonchev–Trinajstić information content (AvgIpc) is 2.82. The molecule has 1 aliphatic carbocycles. The molecule has 1 aromatic rings. The Bertz CT molecular complexity index is 365. The number of likely N-dealkylation sites (tertiary alicyclic amines) is 1. The number of nitrogens with zero attached hydrogens (tertiary/aromatic N) is 1. The van der Waals surface area contributed by atoms with Crippen LogP contribution in [0.3, 0.4) is 0 Å². The Hall–Kier alpha value is -0.860. The van der Waals surface area contributed by atoms with E-state index in [4.69, 9.17) is 0 Å². The third-order valence-electron chi connectivity index (χ3n) is 4.35. The van der Waals surface area contributed by atoms with E-state index in [1.807, 2.05) is 0 Å². The second kappa shape index (κ2) is 4.79. The lowest BCUT2D eigenvalue weighted by Gasteiger charge is -2.36. The normalized spacial score (nSPS) is 26.1. The first-order chi connectivity index (χ1) is 8.36. The first-order valence-electron chi connectivity index (χ1n) is 6.78. The van der Waals surface area contributed by atoms with Crippen LogP contribution in [-0.4, -0.2) is 35.7 Å². The van der Waals surface area contributed by atoms with Gasteiger partial charge >= 0.3 is 0 Å². The number of benzene rings is 1. The van der Waals surface area contributed by atoms with Gasteiger partial charge in [0.2, 0.25) is 0 Å². The van der Waals surface area contributed by atoms with Gasteiger partial charge in [0.15, 0.2) is 0 Å². The van der Waals surface area contributed by atoms with Gasteiger partial charge in [0.1, 0.15) is 0 Å². The van der Waals surface area contributed by atoms with E-state index in [1.54, 1.807) is 0 Å². The SMILES string of the molecule is OCC1CCCN(C2Cc3ccccc3C2)C1. The van der Waals surface area contributed by atoms with Crippen molar-refractivity contribution in [1.82, 2.24) is 4.90 Å². The molecule has 1 fully saturated rings. The number of piperidine rings is 1. The zero-order valence-electron chi connectivity index (χ0n) is 10.3. The van der Waals surface area contributed by atoms with Crippen molar-refractivity contribution in [2.24, 2.45) is 5.92 Å². The molecule has 92 valence electrons. The zero-order valence-corrected chi connectivity index (χ0v) is 10.3. The summed E-state index contributed by atoms with van der Waals surface area (Å²) in [4.78, 5) is 2.60. The van der Waals surface area contributed by atoms with Gasteiger partial charge in [-0.15, -0.1) is 0 Å². The fraction of sp³-hybridized carbons (Fsp3) is 0.600. The van der Waals surface area contributed by atoms with Crippen LogP contribution in [0.1, 0.15) is 24.0 Å². The maximum atomic E-state index is 9.30. The largest absolute Gasteiger partial charge is 0.396 e. The summed E-state index contributed by atoms with van der Waals surface area (Å²) >= 11 is 0. The molecule has 0 bridgehead atoms. The Morgan fingerprint density at radius 1 is 1.18 bits per heavy atom. The third-order valence-corrected chi connectivity index (χ3v) is 4.35. The first-order valence-corrected chi connectivity index (χ1v) is 6.78. The van der Waals surface area contributed by atoms with Gasteiger partial charge in [0.25, 0.3) is 0 Å². The monoisotopic (exact) mass is 231 g/mol. The highest BCUT2D eigenvalue weighted by Gasteiger charge is 2.29. The van der Waals surface area contributed by atoms with Crippen LogP contribution in [-0.2, 0) is 12.8 Å². The smallest absolute Gasteiger partial charge is 0.0471 e. The number of aliphatic hydroxyl groups is 1. The maximum absolute atomic E-state index is 9.30. The lowest BCUT2D eigenvalue weighted by molar-refractivity contribution is 0.0908. The minimum absolute atomic E-state index is 0.357. The minimum Gasteiger partial charge on any atom is -0.396 e. The molecule has 0 aromatic heterocycles. The summed E-state index contributed by atoms with van der Waals surface area (Å²) in [6.45, 7) is 2.67. The summed E-state index contributed by atoms with van der Waals surface area (Å²) in [6.07, 6.45) is 4.85. The fourth-order valence-corrected chi connectivity index (χ4v) is 3.37. The van der Waals surface area contributed by atoms with Gasteiger partial charge in [-0.1, -0.05) is 24.3 Å². The molecular formula is C15H21NO. The van der Waals surface area contributed by atoms with Crippen LogP contribution in [0.4, 0.5) is 0 Å². The number of hydrogen-bond acceptors (Lipinski definition) is 2. The maximum Gasteiger partial charge on any atom is 0.0471 e. The molecule has 0 spiro atoms. The highest BCUT2D eigenvalue weighted by molar-refractivity contribution is 5.33. The standard InChI is InChI=1S/C15H21NO/c17-11-12-4-3-7-16(10-12)15-8-13-5-1-2-6-14(13)9-15/h1-2,5-6,12,15,17H,3-4,7-11H2. The van der Waals surface area contributed by atoms with Gasteiger partial charge in [0, 0.05) is 19.2 Å². The van der Waals surface area contributed by atoms with E-state index in [0.29, 0.717) is 18.6 Å². The van der Waals surface area contributed by atoms with Crippen LogP contribution in [0.25, 0.3) is 0 Å². The predicted octanol–water partition coefficient (Wildman–Crippen LogP) is 1.86. The van der Waals surface area contributed by atoms with Crippen molar-refractivity contribution in [2.45, 2.75) is 31.7 Å². The van der Waals surface area contributed by atoms with Gasteiger partial charge in [-0.2, -0.15) is 0 Å². The van der Waals surface area contributed by atoms with Crippen LogP contribution in [0.5, 0.6) is 0 Å². The molecule has 0 saturated carbocycles. The minimum atomic E-state index is 0.357. The molecule has 0 amide bonds. The molecule has 2 aliphatic rings.